The van der Waals surface area contributed by atoms with E-state index in [4.69, 9.17) is 15.7 Å². The van der Waals surface area contributed by atoms with Crippen molar-refractivity contribution < 1.29 is 0 Å². The van der Waals surface area contributed by atoms with E-state index in [1.165, 1.54) is 5.56 Å². The predicted molar refractivity (Wildman–Crippen MR) is 125 cm³/mol. The molecule has 1 saturated heterocycles. The van der Waals surface area contributed by atoms with Gasteiger partial charge in [0.05, 0.1) is 17.6 Å². The Kier molecular flexibility index (Phi) is 4.29. The van der Waals surface area contributed by atoms with E-state index in [1.54, 1.807) is 6.33 Å². The molecule has 1 aliphatic rings. The number of nitrogens with one attached hydrogen (secondary N) is 2. The normalized spacial score (nSPS) is 14.2. The van der Waals surface area contributed by atoms with Gasteiger partial charge in [0.25, 0.3) is 0 Å². The molecule has 9 nitrogen and oxygen atoms in total. The van der Waals surface area contributed by atoms with Crippen LogP contribution in [0, 0.1) is 6.92 Å². The summed E-state index contributed by atoms with van der Waals surface area (Å²) >= 11 is 0. The van der Waals surface area contributed by atoms with Crippen molar-refractivity contribution >= 4 is 34.0 Å². The van der Waals surface area contributed by atoms with Crippen molar-refractivity contribution in [2.24, 2.45) is 5.73 Å². The second-order valence-electron chi connectivity index (χ2n) is 8.22. The summed E-state index contributed by atoms with van der Waals surface area (Å²) in [4.78, 5) is 24.4. The number of para-hydroxylation sites is 2. The van der Waals surface area contributed by atoms with Crippen molar-refractivity contribution in [2.75, 3.05) is 23.3 Å². The number of nitrogens with two attached hydrogens (primary N) is 1. The second-order valence-corrected chi connectivity index (χ2v) is 8.22. The average Bonchev–Trinajstić information content (AvgIpc) is 3.39. The molecule has 160 valence electrons. The Balaban J connectivity index is 1.40. The quantitative estimate of drug-likeness (QED) is 0.397. The van der Waals surface area contributed by atoms with Crippen LogP contribution in [0.3, 0.4) is 0 Å². The number of fused-ring (bicyclic) bond motifs is 2. The lowest BCUT2D eigenvalue weighted by molar-refractivity contribution is 0.509. The number of aromatic nitrogens is 6. The minimum Gasteiger partial charge on any atom is -0.361 e. The van der Waals surface area contributed by atoms with Crippen molar-refractivity contribution in [2.45, 2.75) is 19.5 Å². The Morgan fingerprint density at radius 2 is 1.97 bits per heavy atom. The number of rotatable bonds is 5. The molecule has 9 heteroatoms. The van der Waals surface area contributed by atoms with Crippen LogP contribution < -0.4 is 16.0 Å². The number of anilines is 2. The molecule has 0 amide bonds. The minimum absolute atomic E-state index is 0.155. The van der Waals surface area contributed by atoms with Gasteiger partial charge in [0, 0.05) is 24.8 Å². The summed E-state index contributed by atoms with van der Waals surface area (Å²) in [6.45, 7) is 4.06. The number of nitrogens with zero attached hydrogens (tertiary/aromatic N) is 6. The highest BCUT2D eigenvalue weighted by molar-refractivity contribution is 5.85. The molecule has 0 aliphatic carbocycles. The smallest absolute Gasteiger partial charge is 0.229 e. The van der Waals surface area contributed by atoms with E-state index in [0.717, 1.165) is 46.8 Å². The third-order valence-corrected chi connectivity index (χ3v) is 5.72. The van der Waals surface area contributed by atoms with Crippen LogP contribution in [0.2, 0.25) is 0 Å². The van der Waals surface area contributed by atoms with E-state index in [0.29, 0.717) is 18.3 Å². The van der Waals surface area contributed by atoms with Gasteiger partial charge in [-0.3, -0.25) is 4.57 Å². The first-order valence-corrected chi connectivity index (χ1v) is 10.6. The van der Waals surface area contributed by atoms with Crippen molar-refractivity contribution in [3.8, 4) is 5.69 Å². The van der Waals surface area contributed by atoms with Crippen LogP contribution >= 0.6 is 0 Å². The van der Waals surface area contributed by atoms with E-state index in [2.05, 4.69) is 50.3 Å². The molecule has 4 heterocycles. The number of aryl methyl sites for hydroxylation is 1. The monoisotopic (exact) mass is 425 g/mol. The van der Waals surface area contributed by atoms with Crippen molar-refractivity contribution in [3.63, 3.8) is 0 Å². The Morgan fingerprint density at radius 1 is 1.09 bits per heavy atom. The highest BCUT2D eigenvalue weighted by Crippen LogP contribution is 2.27. The molecular formula is C23H23N9. The topological polar surface area (TPSA) is 114 Å². The number of hydrogen-bond acceptors (Lipinski definition) is 7. The number of H-pyrrole nitrogens is 1. The maximum Gasteiger partial charge on any atom is 0.229 e. The Morgan fingerprint density at radius 3 is 2.78 bits per heavy atom. The SMILES string of the molecule is Cc1cccc(-n2cnc3c(NCc4nc5ccccc5[nH]4)nc(N4CC(N)C4)nc32)c1. The fourth-order valence-electron chi connectivity index (χ4n) is 4.05. The molecule has 0 atom stereocenters. The second kappa shape index (κ2) is 7.31. The standard InChI is InChI=1S/C23H23N9/c1-14-5-4-6-16(9-14)32-13-26-20-21(29-23(30-22(20)32)31-11-15(24)12-31)25-10-19-27-17-7-2-3-8-18(17)28-19/h2-9,13,15H,10-12,24H2,1H3,(H,27,28)(H,25,29,30). The van der Waals surface area contributed by atoms with Gasteiger partial charge in [-0.1, -0.05) is 24.3 Å². The van der Waals surface area contributed by atoms with Crippen LogP contribution in [-0.2, 0) is 6.54 Å². The third-order valence-electron chi connectivity index (χ3n) is 5.72. The molecule has 6 rings (SSSR count). The number of imidazole rings is 2. The van der Waals surface area contributed by atoms with Gasteiger partial charge in [-0.15, -0.1) is 0 Å². The van der Waals surface area contributed by atoms with E-state index in [1.807, 2.05) is 34.9 Å². The predicted octanol–water partition coefficient (Wildman–Crippen LogP) is 2.76. The molecule has 2 aromatic carbocycles. The summed E-state index contributed by atoms with van der Waals surface area (Å²) < 4.78 is 2.00. The lowest BCUT2D eigenvalue weighted by Gasteiger charge is -2.36. The highest BCUT2D eigenvalue weighted by atomic mass is 15.3. The van der Waals surface area contributed by atoms with E-state index in [9.17, 15) is 0 Å². The molecule has 0 unspecified atom stereocenters. The first kappa shape index (κ1) is 18.8. The fourth-order valence-corrected chi connectivity index (χ4v) is 4.05. The first-order valence-electron chi connectivity index (χ1n) is 10.6. The summed E-state index contributed by atoms with van der Waals surface area (Å²) in [6.07, 6.45) is 1.80. The van der Waals surface area contributed by atoms with E-state index >= 15 is 0 Å². The number of hydrogen-bond donors (Lipinski definition) is 3. The van der Waals surface area contributed by atoms with Crippen LogP contribution in [0.25, 0.3) is 27.9 Å². The minimum atomic E-state index is 0.155. The highest BCUT2D eigenvalue weighted by Gasteiger charge is 2.27. The Hall–Kier alpha value is -3.98. The van der Waals surface area contributed by atoms with Crippen molar-refractivity contribution in [1.82, 2.24) is 29.5 Å². The van der Waals surface area contributed by atoms with Gasteiger partial charge in [0.15, 0.2) is 17.0 Å². The molecule has 32 heavy (non-hydrogen) atoms. The number of aromatic amines is 1. The van der Waals surface area contributed by atoms with Crippen LogP contribution in [0.5, 0.6) is 0 Å². The molecule has 5 aromatic rings. The summed E-state index contributed by atoms with van der Waals surface area (Å²) in [7, 11) is 0. The molecule has 0 radical (unpaired) electrons. The summed E-state index contributed by atoms with van der Waals surface area (Å²) in [5, 5.41) is 3.42. The fraction of sp³-hybridized carbons (Fsp3) is 0.217. The third kappa shape index (κ3) is 3.23. The van der Waals surface area contributed by atoms with Gasteiger partial charge < -0.3 is 20.9 Å². The summed E-state index contributed by atoms with van der Waals surface area (Å²) in [5.74, 6) is 2.17. The largest absolute Gasteiger partial charge is 0.361 e. The van der Waals surface area contributed by atoms with Gasteiger partial charge >= 0.3 is 0 Å². The molecule has 1 aliphatic heterocycles. The summed E-state index contributed by atoms with van der Waals surface area (Å²) in [5.41, 5.74) is 11.6. The average molecular weight is 426 g/mol. The molecule has 4 N–H and O–H groups in total. The van der Waals surface area contributed by atoms with Crippen LogP contribution in [0.15, 0.2) is 54.9 Å². The maximum absolute atomic E-state index is 6.00. The lowest BCUT2D eigenvalue weighted by Crippen LogP contribution is -2.56. The van der Waals surface area contributed by atoms with Crippen LogP contribution in [-0.4, -0.2) is 48.6 Å². The molecule has 0 saturated carbocycles. The zero-order valence-electron chi connectivity index (χ0n) is 17.7. The molecular weight excluding hydrogens is 402 g/mol. The molecule has 3 aromatic heterocycles. The molecule has 0 spiro atoms. The zero-order chi connectivity index (χ0) is 21.7. The zero-order valence-corrected chi connectivity index (χ0v) is 17.7. The Labute approximate surface area is 184 Å². The van der Waals surface area contributed by atoms with Gasteiger partial charge in [-0.05, 0) is 36.8 Å². The molecule has 1 fully saturated rings. The van der Waals surface area contributed by atoms with Gasteiger partial charge in [-0.25, -0.2) is 9.97 Å². The van der Waals surface area contributed by atoms with Gasteiger partial charge in [-0.2, -0.15) is 9.97 Å². The summed E-state index contributed by atoms with van der Waals surface area (Å²) in [6, 6.07) is 16.4. The maximum atomic E-state index is 6.00. The number of benzene rings is 2. The van der Waals surface area contributed by atoms with Gasteiger partial charge in [0.2, 0.25) is 5.95 Å². The van der Waals surface area contributed by atoms with Gasteiger partial charge in [0.1, 0.15) is 12.2 Å². The van der Waals surface area contributed by atoms with E-state index < -0.39 is 0 Å². The van der Waals surface area contributed by atoms with Crippen molar-refractivity contribution in [3.05, 3.63) is 66.2 Å². The van der Waals surface area contributed by atoms with Crippen LogP contribution in [0.1, 0.15) is 11.4 Å². The van der Waals surface area contributed by atoms with Crippen molar-refractivity contribution in [1.29, 1.82) is 0 Å². The first-order chi connectivity index (χ1) is 15.6. The molecule has 0 bridgehead atoms. The van der Waals surface area contributed by atoms with E-state index in [-0.39, 0.29) is 6.04 Å². The van der Waals surface area contributed by atoms with Crippen LogP contribution in [0.4, 0.5) is 11.8 Å². The lowest BCUT2D eigenvalue weighted by atomic mass is 10.1. The Bertz CT molecular complexity index is 1400.